The molecule has 0 aromatic rings. The predicted octanol–water partition coefficient (Wildman–Crippen LogP) is 2.12. The lowest BCUT2D eigenvalue weighted by Crippen LogP contribution is -2.16. The molecule has 0 spiro atoms. The smallest absolute Gasteiger partial charge is 0.0478 e. The molecule has 0 atom stereocenters. The second-order valence-electron chi connectivity index (χ2n) is 4.58. The Morgan fingerprint density at radius 2 is 1.69 bits per heavy atom. The van der Waals surface area contributed by atoms with Gasteiger partial charge in [0.1, 0.15) is 0 Å². The van der Waals surface area contributed by atoms with Gasteiger partial charge in [0.05, 0.1) is 0 Å². The minimum atomic E-state index is 0.909. The Balaban J connectivity index is 2.88. The molecule has 0 saturated heterocycles. The molecular weight excluding hydrogens is 200 g/mol. The van der Waals surface area contributed by atoms with E-state index < -0.39 is 0 Å². The van der Waals surface area contributed by atoms with Gasteiger partial charge < -0.3 is 15.0 Å². The summed E-state index contributed by atoms with van der Waals surface area (Å²) < 4.78 is 5.56. The molecule has 3 heteroatoms. The number of nitrogens with zero attached hydrogens (tertiary/aromatic N) is 1. The number of hydrogen-bond acceptors (Lipinski definition) is 3. The third kappa shape index (κ3) is 13.9. The molecule has 0 aromatic heterocycles. The summed E-state index contributed by atoms with van der Waals surface area (Å²) in [4.78, 5) is 2.20. The molecule has 0 aliphatic carbocycles. The van der Waals surface area contributed by atoms with Crippen LogP contribution in [0.3, 0.4) is 0 Å². The third-order valence-electron chi connectivity index (χ3n) is 2.46. The van der Waals surface area contributed by atoms with Crippen LogP contribution in [0.4, 0.5) is 0 Å². The second-order valence-corrected chi connectivity index (χ2v) is 4.58. The molecule has 0 aliphatic heterocycles. The van der Waals surface area contributed by atoms with Crippen molar-refractivity contribution in [2.75, 3.05) is 46.9 Å². The molecule has 0 radical (unpaired) electrons. The van der Waals surface area contributed by atoms with Gasteiger partial charge >= 0.3 is 0 Å². The van der Waals surface area contributed by atoms with E-state index in [0.29, 0.717) is 0 Å². The van der Waals surface area contributed by atoms with Gasteiger partial charge in [-0.05, 0) is 65.8 Å². The van der Waals surface area contributed by atoms with Crippen molar-refractivity contribution in [2.24, 2.45) is 0 Å². The molecule has 0 amide bonds. The van der Waals surface area contributed by atoms with Crippen molar-refractivity contribution in [1.82, 2.24) is 10.2 Å². The summed E-state index contributed by atoms with van der Waals surface area (Å²) in [6.45, 7) is 7.48. The molecule has 0 aromatic carbocycles. The van der Waals surface area contributed by atoms with Crippen molar-refractivity contribution in [1.29, 1.82) is 0 Å². The Kier molecular flexibility index (Phi) is 12.9. The normalized spacial score (nSPS) is 11.2. The summed E-state index contributed by atoms with van der Waals surface area (Å²) in [6.07, 6.45) is 6.14. The van der Waals surface area contributed by atoms with Crippen LogP contribution in [-0.4, -0.2) is 51.8 Å². The summed E-state index contributed by atoms with van der Waals surface area (Å²) >= 11 is 0. The SMILES string of the molecule is CCCNCCCCCOCCCN(C)C. The van der Waals surface area contributed by atoms with Crippen LogP contribution in [0.1, 0.15) is 39.0 Å². The third-order valence-corrected chi connectivity index (χ3v) is 2.46. The van der Waals surface area contributed by atoms with Gasteiger partial charge in [-0.2, -0.15) is 0 Å². The van der Waals surface area contributed by atoms with Crippen molar-refractivity contribution in [2.45, 2.75) is 39.0 Å². The van der Waals surface area contributed by atoms with Gasteiger partial charge in [0.15, 0.2) is 0 Å². The fourth-order valence-electron chi connectivity index (χ4n) is 1.52. The summed E-state index contributed by atoms with van der Waals surface area (Å²) in [5, 5.41) is 3.41. The van der Waals surface area contributed by atoms with Crippen molar-refractivity contribution in [3.63, 3.8) is 0 Å². The van der Waals surface area contributed by atoms with Gasteiger partial charge in [0.2, 0.25) is 0 Å². The summed E-state index contributed by atoms with van der Waals surface area (Å²) in [5.41, 5.74) is 0. The molecule has 3 nitrogen and oxygen atoms in total. The standard InChI is InChI=1S/C13H30N2O/c1-4-9-14-10-6-5-7-12-16-13-8-11-15(2)3/h14H,4-13H2,1-3H3. The number of ether oxygens (including phenoxy) is 1. The van der Waals surface area contributed by atoms with Crippen LogP contribution in [0.15, 0.2) is 0 Å². The fourth-order valence-corrected chi connectivity index (χ4v) is 1.52. The highest BCUT2D eigenvalue weighted by molar-refractivity contribution is 4.48. The van der Waals surface area contributed by atoms with Crippen LogP contribution in [0, 0.1) is 0 Å². The van der Waals surface area contributed by atoms with Crippen LogP contribution in [0.2, 0.25) is 0 Å². The van der Waals surface area contributed by atoms with Gasteiger partial charge in [0, 0.05) is 13.2 Å². The lowest BCUT2D eigenvalue weighted by atomic mass is 10.2. The van der Waals surface area contributed by atoms with Gasteiger partial charge in [-0.1, -0.05) is 6.92 Å². The van der Waals surface area contributed by atoms with E-state index in [1.54, 1.807) is 0 Å². The van der Waals surface area contributed by atoms with Crippen LogP contribution < -0.4 is 5.32 Å². The van der Waals surface area contributed by atoms with Gasteiger partial charge in [0.25, 0.3) is 0 Å². The molecular formula is C13H30N2O. The number of rotatable bonds is 12. The first-order chi connectivity index (χ1) is 7.77. The Hall–Kier alpha value is -0.120. The lowest BCUT2D eigenvalue weighted by molar-refractivity contribution is 0.122. The molecule has 0 aliphatic rings. The zero-order chi connectivity index (χ0) is 12.1. The average molecular weight is 230 g/mol. The van der Waals surface area contributed by atoms with Crippen molar-refractivity contribution in [3.8, 4) is 0 Å². The highest BCUT2D eigenvalue weighted by Crippen LogP contribution is 1.95. The highest BCUT2D eigenvalue weighted by Gasteiger charge is 1.92. The number of nitrogens with one attached hydrogen (secondary N) is 1. The summed E-state index contributed by atoms with van der Waals surface area (Å²) in [6, 6.07) is 0. The van der Waals surface area contributed by atoms with E-state index in [-0.39, 0.29) is 0 Å². The van der Waals surface area contributed by atoms with Crippen molar-refractivity contribution < 1.29 is 4.74 Å². The molecule has 1 N–H and O–H groups in total. The number of unbranched alkanes of at least 4 members (excludes halogenated alkanes) is 2. The van der Waals surface area contributed by atoms with Gasteiger partial charge in [-0.15, -0.1) is 0 Å². The first kappa shape index (κ1) is 15.9. The Labute approximate surface area is 102 Å². The number of hydrogen-bond donors (Lipinski definition) is 1. The molecule has 98 valence electrons. The Bertz CT molecular complexity index is 129. The molecule has 16 heavy (non-hydrogen) atoms. The zero-order valence-electron chi connectivity index (χ0n) is 11.4. The Morgan fingerprint density at radius 1 is 0.938 bits per heavy atom. The first-order valence-corrected chi connectivity index (χ1v) is 6.70. The molecule has 0 rings (SSSR count). The van der Waals surface area contributed by atoms with Crippen molar-refractivity contribution >= 4 is 0 Å². The van der Waals surface area contributed by atoms with E-state index >= 15 is 0 Å². The Morgan fingerprint density at radius 3 is 2.38 bits per heavy atom. The maximum atomic E-state index is 5.56. The summed E-state index contributed by atoms with van der Waals surface area (Å²) in [5.74, 6) is 0. The van der Waals surface area contributed by atoms with Crippen LogP contribution in [-0.2, 0) is 4.74 Å². The molecule has 0 saturated carbocycles. The van der Waals surface area contributed by atoms with Gasteiger partial charge in [-0.3, -0.25) is 0 Å². The molecule has 0 fully saturated rings. The summed E-state index contributed by atoms with van der Waals surface area (Å²) in [7, 11) is 4.20. The zero-order valence-corrected chi connectivity index (χ0v) is 11.4. The maximum Gasteiger partial charge on any atom is 0.0478 e. The largest absolute Gasteiger partial charge is 0.381 e. The minimum Gasteiger partial charge on any atom is -0.381 e. The molecule has 0 heterocycles. The first-order valence-electron chi connectivity index (χ1n) is 6.70. The highest BCUT2D eigenvalue weighted by atomic mass is 16.5. The maximum absolute atomic E-state index is 5.56. The fraction of sp³-hybridized carbons (Fsp3) is 1.00. The van der Waals surface area contributed by atoms with Crippen LogP contribution in [0.5, 0.6) is 0 Å². The second kappa shape index (κ2) is 12.9. The van der Waals surface area contributed by atoms with Crippen LogP contribution in [0.25, 0.3) is 0 Å². The predicted molar refractivity (Wildman–Crippen MR) is 71.0 cm³/mol. The quantitative estimate of drug-likeness (QED) is 0.520. The monoisotopic (exact) mass is 230 g/mol. The van der Waals surface area contributed by atoms with E-state index in [4.69, 9.17) is 4.74 Å². The average Bonchev–Trinajstić information content (AvgIpc) is 2.25. The van der Waals surface area contributed by atoms with E-state index in [9.17, 15) is 0 Å². The topological polar surface area (TPSA) is 24.5 Å². The van der Waals surface area contributed by atoms with Crippen molar-refractivity contribution in [3.05, 3.63) is 0 Å². The lowest BCUT2D eigenvalue weighted by Gasteiger charge is -2.09. The van der Waals surface area contributed by atoms with E-state index in [1.807, 2.05) is 0 Å². The minimum absolute atomic E-state index is 0.909. The molecule has 0 bridgehead atoms. The van der Waals surface area contributed by atoms with E-state index in [0.717, 1.165) is 39.3 Å². The molecule has 0 unspecified atom stereocenters. The van der Waals surface area contributed by atoms with E-state index in [1.165, 1.54) is 25.7 Å². The van der Waals surface area contributed by atoms with Crippen LogP contribution >= 0.6 is 0 Å². The van der Waals surface area contributed by atoms with Gasteiger partial charge in [-0.25, -0.2) is 0 Å². The van der Waals surface area contributed by atoms with E-state index in [2.05, 4.69) is 31.2 Å².